The van der Waals surface area contributed by atoms with Crippen molar-refractivity contribution in [2.24, 2.45) is 0 Å². The third kappa shape index (κ3) is 9.18. The molecule has 8 heteroatoms. The number of rotatable bonds is 14. The van der Waals surface area contributed by atoms with E-state index in [4.69, 9.17) is 0 Å². The first-order valence-electron chi connectivity index (χ1n) is 14.2. The van der Waals surface area contributed by atoms with Gasteiger partial charge in [0.2, 0.25) is 21.8 Å². The standard InChI is InChI=1S/C33H43N3O4S/c1-6-7-21-34-33(38)31(22-27-13-9-8-10-14-27)35(23-28-19-17-26(4)18-20-28)32(37)24-36(41(5,39)40)30-16-12-11-15-29(30)25(2)3/h8-20,25,31H,6-7,21-24H2,1-5H3,(H,34,38)/t31-/m1/s1. The Morgan fingerprint density at radius 2 is 1.51 bits per heavy atom. The normalized spacial score (nSPS) is 12.1. The summed E-state index contributed by atoms with van der Waals surface area (Å²) >= 11 is 0. The van der Waals surface area contributed by atoms with Crippen molar-refractivity contribution < 1.29 is 18.0 Å². The zero-order valence-electron chi connectivity index (χ0n) is 24.8. The lowest BCUT2D eigenvalue weighted by Gasteiger charge is -2.34. The summed E-state index contributed by atoms with van der Waals surface area (Å²) < 4.78 is 27.4. The lowest BCUT2D eigenvalue weighted by atomic mass is 10.0. The van der Waals surface area contributed by atoms with Crippen LogP contribution in [0, 0.1) is 6.92 Å². The van der Waals surface area contributed by atoms with E-state index >= 15 is 0 Å². The summed E-state index contributed by atoms with van der Waals surface area (Å²) in [5.41, 5.74) is 4.15. The van der Waals surface area contributed by atoms with Crippen LogP contribution in [-0.2, 0) is 32.6 Å². The molecule has 0 radical (unpaired) electrons. The highest BCUT2D eigenvalue weighted by molar-refractivity contribution is 7.92. The lowest BCUT2D eigenvalue weighted by molar-refractivity contribution is -0.140. The lowest BCUT2D eigenvalue weighted by Crippen LogP contribution is -2.53. The molecule has 1 N–H and O–H groups in total. The SMILES string of the molecule is CCCCNC(=O)[C@@H](Cc1ccccc1)N(Cc1ccc(C)cc1)C(=O)CN(c1ccccc1C(C)C)S(C)(=O)=O. The van der Waals surface area contributed by atoms with Crippen LogP contribution in [0.5, 0.6) is 0 Å². The minimum atomic E-state index is -3.82. The fourth-order valence-corrected chi connectivity index (χ4v) is 5.62. The molecule has 0 fully saturated rings. The van der Waals surface area contributed by atoms with Gasteiger partial charge in [0.25, 0.3) is 0 Å². The van der Waals surface area contributed by atoms with Crippen LogP contribution >= 0.6 is 0 Å². The van der Waals surface area contributed by atoms with Gasteiger partial charge >= 0.3 is 0 Å². The van der Waals surface area contributed by atoms with Crippen LogP contribution in [0.3, 0.4) is 0 Å². The number of benzene rings is 3. The number of aryl methyl sites for hydroxylation is 1. The maximum atomic E-state index is 14.2. The Morgan fingerprint density at radius 1 is 0.878 bits per heavy atom. The summed E-state index contributed by atoms with van der Waals surface area (Å²) in [5.74, 6) is -0.651. The number of amides is 2. The second-order valence-electron chi connectivity index (χ2n) is 10.8. The molecule has 2 amide bonds. The van der Waals surface area contributed by atoms with E-state index in [-0.39, 0.29) is 18.4 Å². The Labute approximate surface area is 245 Å². The van der Waals surface area contributed by atoms with E-state index in [1.807, 2.05) is 87.5 Å². The first kappa shape index (κ1) is 31.9. The Hall–Kier alpha value is -3.65. The van der Waals surface area contributed by atoms with Gasteiger partial charge in [0.1, 0.15) is 12.6 Å². The van der Waals surface area contributed by atoms with Gasteiger partial charge in [-0.15, -0.1) is 0 Å². The average Bonchev–Trinajstić information content (AvgIpc) is 2.94. The quantitative estimate of drug-likeness (QED) is 0.259. The number of nitrogens with zero attached hydrogens (tertiary/aromatic N) is 2. The highest BCUT2D eigenvalue weighted by atomic mass is 32.2. The maximum Gasteiger partial charge on any atom is 0.244 e. The Morgan fingerprint density at radius 3 is 2.12 bits per heavy atom. The number of hydrogen-bond acceptors (Lipinski definition) is 4. The zero-order chi connectivity index (χ0) is 30.0. The van der Waals surface area contributed by atoms with Gasteiger partial charge < -0.3 is 10.2 Å². The molecule has 0 heterocycles. The summed E-state index contributed by atoms with van der Waals surface area (Å²) in [6, 6.07) is 23.8. The smallest absolute Gasteiger partial charge is 0.244 e. The molecule has 3 aromatic rings. The molecule has 0 spiro atoms. The van der Waals surface area contributed by atoms with Crippen molar-refractivity contribution in [1.29, 1.82) is 0 Å². The summed E-state index contributed by atoms with van der Waals surface area (Å²) in [4.78, 5) is 29.4. The molecule has 220 valence electrons. The van der Waals surface area contributed by atoms with Gasteiger partial charge in [-0.05, 0) is 42.0 Å². The van der Waals surface area contributed by atoms with Crippen molar-refractivity contribution in [1.82, 2.24) is 10.2 Å². The van der Waals surface area contributed by atoms with Crippen LogP contribution in [0.15, 0.2) is 78.9 Å². The van der Waals surface area contributed by atoms with Crippen LogP contribution in [-0.4, -0.2) is 50.5 Å². The van der Waals surface area contributed by atoms with Crippen molar-refractivity contribution in [3.63, 3.8) is 0 Å². The summed E-state index contributed by atoms with van der Waals surface area (Å²) in [5, 5.41) is 3.01. The third-order valence-electron chi connectivity index (χ3n) is 7.08. The molecular weight excluding hydrogens is 534 g/mol. The van der Waals surface area contributed by atoms with E-state index < -0.39 is 28.5 Å². The highest BCUT2D eigenvalue weighted by Crippen LogP contribution is 2.29. The molecule has 1 atom stereocenters. The largest absolute Gasteiger partial charge is 0.354 e. The minimum Gasteiger partial charge on any atom is -0.354 e. The number of carbonyl (C=O) groups excluding carboxylic acids is 2. The van der Waals surface area contributed by atoms with E-state index in [0.717, 1.165) is 41.4 Å². The van der Waals surface area contributed by atoms with Gasteiger partial charge in [-0.2, -0.15) is 0 Å². The van der Waals surface area contributed by atoms with Gasteiger partial charge in [-0.25, -0.2) is 8.42 Å². The zero-order valence-corrected chi connectivity index (χ0v) is 25.7. The molecule has 0 bridgehead atoms. The van der Waals surface area contributed by atoms with Crippen LogP contribution in [0.2, 0.25) is 0 Å². The molecular formula is C33H43N3O4S. The van der Waals surface area contributed by atoms with Gasteiger partial charge in [0.05, 0.1) is 11.9 Å². The fourth-order valence-electron chi connectivity index (χ4n) is 4.75. The minimum absolute atomic E-state index is 0.0457. The predicted molar refractivity (Wildman–Crippen MR) is 166 cm³/mol. The van der Waals surface area contributed by atoms with Gasteiger partial charge in [-0.1, -0.05) is 106 Å². The van der Waals surface area contributed by atoms with Crippen LogP contribution < -0.4 is 9.62 Å². The van der Waals surface area contributed by atoms with Crippen molar-refractivity contribution in [3.05, 3.63) is 101 Å². The molecule has 0 aliphatic carbocycles. The number of carbonyl (C=O) groups is 2. The average molecular weight is 578 g/mol. The third-order valence-corrected chi connectivity index (χ3v) is 8.21. The molecule has 7 nitrogen and oxygen atoms in total. The van der Waals surface area contributed by atoms with Crippen molar-refractivity contribution >= 4 is 27.5 Å². The second-order valence-corrected chi connectivity index (χ2v) is 12.7. The Kier molecular flexibility index (Phi) is 11.5. The monoisotopic (exact) mass is 577 g/mol. The number of anilines is 1. The summed E-state index contributed by atoms with van der Waals surface area (Å²) in [6.45, 7) is 8.27. The maximum absolute atomic E-state index is 14.2. The molecule has 0 aliphatic rings. The van der Waals surface area contributed by atoms with E-state index in [2.05, 4.69) is 12.2 Å². The second kappa shape index (κ2) is 14.8. The van der Waals surface area contributed by atoms with E-state index in [1.54, 1.807) is 12.1 Å². The van der Waals surface area contributed by atoms with Gasteiger partial charge in [0.15, 0.2) is 0 Å². The highest BCUT2D eigenvalue weighted by Gasteiger charge is 2.33. The van der Waals surface area contributed by atoms with E-state index in [0.29, 0.717) is 18.7 Å². The molecule has 3 aromatic carbocycles. The topological polar surface area (TPSA) is 86.8 Å². The van der Waals surface area contributed by atoms with Gasteiger partial charge in [-0.3, -0.25) is 13.9 Å². The van der Waals surface area contributed by atoms with Crippen molar-refractivity contribution in [2.75, 3.05) is 23.7 Å². The summed E-state index contributed by atoms with van der Waals surface area (Å²) in [7, 11) is -3.82. The molecule has 0 aromatic heterocycles. The van der Waals surface area contributed by atoms with E-state index in [9.17, 15) is 18.0 Å². The molecule has 3 rings (SSSR count). The first-order valence-corrected chi connectivity index (χ1v) is 16.1. The molecule has 0 aliphatic heterocycles. The number of para-hydroxylation sites is 1. The van der Waals surface area contributed by atoms with Crippen LogP contribution in [0.25, 0.3) is 0 Å². The number of nitrogens with one attached hydrogen (secondary N) is 1. The van der Waals surface area contributed by atoms with E-state index in [1.165, 1.54) is 9.21 Å². The molecule has 0 unspecified atom stereocenters. The van der Waals surface area contributed by atoms with Crippen LogP contribution in [0.1, 0.15) is 61.8 Å². The number of unbranched alkanes of at least 4 members (excludes halogenated alkanes) is 1. The predicted octanol–water partition coefficient (Wildman–Crippen LogP) is 5.44. The van der Waals surface area contributed by atoms with Crippen molar-refractivity contribution in [3.8, 4) is 0 Å². The van der Waals surface area contributed by atoms with Gasteiger partial charge in [0, 0.05) is 19.5 Å². The Balaban J connectivity index is 2.06. The number of hydrogen-bond donors (Lipinski definition) is 1. The fraction of sp³-hybridized carbons (Fsp3) is 0.394. The molecule has 0 saturated heterocycles. The van der Waals surface area contributed by atoms with Crippen molar-refractivity contribution in [2.45, 2.75) is 65.5 Å². The molecule has 41 heavy (non-hydrogen) atoms. The van der Waals surface area contributed by atoms with Crippen LogP contribution in [0.4, 0.5) is 5.69 Å². The first-order chi connectivity index (χ1) is 19.5. The summed E-state index contributed by atoms with van der Waals surface area (Å²) in [6.07, 6.45) is 3.16. The molecule has 0 saturated carbocycles. The Bertz CT molecular complexity index is 1390. The number of sulfonamides is 1.